The van der Waals surface area contributed by atoms with Gasteiger partial charge in [-0.3, -0.25) is 0 Å². The highest BCUT2D eigenvalue weighted by Crippen LogP contribution is 2.16. The molecule has 4 heteroatoms. The van der Waals surface area contributed by atoms with E-state index in [-0.39, 0.29) is 5.97 Å². The number of carbonyl (C=O) groups excluding carboxylic acids is 1. The van der Waals surface area contributed by atoms with Crippen molar-refractivity contribution >= 4 is 11.7 Å². The molecule has 0 bridgehead atoms. The van der Waals surface area contributed by atoms with E-state index in [1.54, 1.807) is 19.1 Å². The number of carbonyl (C=O) groups is 1. The van der Waals surface area contributed by atoms with Gasteiger partial charge < -0.3 is 14.8 Å². The normalized spacial score (nSPS) is 18.9. The molecule has 0 aromatic heterocycles. The van der Waals surface area contributed by atoms with Crippen molar-refractivity contribution in [1.29, 1.82) is 0 Å². The summed E-state index contributed by atoms with van der Waals surface area (Å²) in [5, 5.41) is 3.38. The van der Waals surface area contributed by atoms with Crippen LogP contribution in [0.1, 0.15) is 30.1 Å². The second-order valence-corrected chi connectivity index (χ2v) is 4.76. The largest absolute Gasteiger partial charge is 0.462 e. The summed E-state index contributed by atoms with van der Waals surface area (Å²) >= 11 is 0. The third kappa shape index (κ3) is 4.24. The molecule has 1 atom stereocenters. The zero-order valence-corrected chi connectivity index (χ0v) is 11.4. The fourth-order valence-corrected chi connectivity index (χ4v) is 2.17. The number of hydrogen-bond acceptors (Lipinski definition) is 4. The predicted molar refractivity (Wildman–Crippen MR) is 74.4 cm³/mol. The Labute approximate surface area is 114 Å². The summed E-state index contributed by atoms with van der Waals surface area (Å²) < 4.78 is 10.4. The van der Waals surface area contributed by atoms with Gasteiger partial charge in [-0.15, -0.1) is 0 Å². The van der Waals surface area contributed by atoms with Crippen molar-refractivity contribution < 1.29 is 14.3 Å². The van der Waals surface area contributed by atoms with Crippen LogP contribution in [0.3, 0.4) is 0 Å². The SMILES string of the molecule is CCOC(=O)c1ccc(NCC2CCCOC2)cc1. The number of nitrogens with one attached hydrogen (secondary N) is 1. The van der Waals surface area contributed by atoms with Crippen LogP contribution in [0.5, 0.6) is 0 Å². The van der Waals surface area contributed by atoms with Crippen LogP contribution in [-0.4, -0.2) is 32.3 Å². The smallest absolute Gasteiger partial charge is 0.338 e. The average molecular weight is 263 g/mol. The van der Waals surface area contributed by atoms with Crippen molar-refractivity contribution in [2.24, 2.45) is 5.92 Å². The van der Waals surface area contributed by atoms with E-state index in [1.165, 1.54) is 6.42 Å². The van der Waals surface area contributed by atoms with Crippen LogP contribution in [0.15, 0.2) is 24.3 Å². The Morgan fingerprint density at radius 3 is 2.84 bits per heavy atom. The van der Waals surface area contributed by atoms with Gasteiger partial charge in [-0.1, -0.05) is 0 Å². The summed E-state index contributed by atoms with van der Waals surface area (Å²) in [6, 6.07) is 7.40. The molecule has 1 fully saturated rings. The van der Waals surface area contributed by atoms with E-state index in [0.717, 1.165) is 31.9 Å². The predicted octanol–water partition coefficient (Wildman–Crippen LogP) is 2.70. The highest BCUT2D eigenvalue weighted by atomic mass is 16.5. The minimum atomic E-state index is -0.269. The van der Waals surface area contributed by atoms with Gasteiger partial charge in [0, 0.05) is 18.8 Å². The first-order valence-corrected chi connectivity index (χ1v) is 6.88. The average Bonchev–Trinajstić information content (AvgIpc) is 2.47. The van der Waals surface area contributed by atoms with Crippen LogP contribution in [0.2, 0.25) is 0 Å². The molecule has 1 aliphatic heterocycles. The van der Waals surface area contributed by atoms with Gasteiger partial charge in [0.05, 0.1) is 18.8 Å². The van der Waals surface area contributed by atoms with Crippen molar-refractivity contribution in [3.8, 4) is 0 Å². The van der Waals surface area contributed by atoms with Gasteiger partial charge in [-0.25, -0.2) is 4.79 Å². The first kappa shape index (κ1) is 13.9. The zero-order chi connectivity index (χ0) is 13.5. The van der Waals surface area contributed by atoms with Gasteiger partial charge >= 0.3 is 5.97 Å². The fraction of sp³-hybridized carbons (Fsp3) is 0.533. The Morgan fingerprint density at radius 2 is 2.21 bits per heavy atom. The second kappa shape index (κ2) is 7.14. The zero-order valence-electron chi connectivity index (χ0n) is 11.4. The number of esters is 1. The van der Waals surface area contributed by atoms with E-state index in [2.05, 4.69) is 5.32 Å². The van der Waals surface area contributed by atoms with Crippen LogP contribution in [0.4, 0.5) is 5.69 Å². The minimum absolute atomic E-state index is 0.269. The summed E-state index contributed by atoms with van der Waals surface area (Å²) in [5.74, 6) is 0.313. The lowest BCUT2D eigenvalue weighted by molar-refractivity contribution is 0.0526. The van der Waals surface area contributed by atoms with Gasteiger partial charge in [0.15, 0.2) is 0 Å². The molecule has 1 aromatic rings. The molecule has 1 aromatic carbocycles. The number of ether oxygens (including phenoxy) is 2. The molecular formula is C15H21NO3. The van der Waals surface area contributed by atoms with Crippen LogP contribution >= 0.6 is 0 Å². The van der Waals surface area contributed by atoms with Crippen molar-refractivity contribution in [3.63, 3.8) is 0 Å². The fourth-order valence-electron chi connectivity index (χ4n) is 2.17. The number of anilines is 1. The molecule has 1 saturated heterocycles. The molecule has 104 valence electrons. The van der Waals surface area contributed by atoms with Gasteiger partial charge in [0.1, 0.15) is 0 Å². The monoisotopic (exact) mass is 263 g/mol. The lowest BCUT2D eigenvalue weighted by atomic mass is 10.0. The van der Waals surface area contributed by atoms with E-state index >= 15 is 0 Å². The number of rotatable bonds is 5. The van der Waals surface area contributed by atoms with Crippen LogP contribution in [0, 0.1) is 5.92 Å². The van der Waals surface area contributed by atoms with Crippen molar-refractivity contribution in [2.45, 2.75) is 19.8 Å². The molecule has 0 radical (unpaired) electrons. The van der Waals surface area contributed by atoms with Gasteiger partial charge in [0.25, 0.3) is 0 Å². The molecule has 1 unspecified atom stereocenters. The molecule has 1 aliphatic rings. The van der Waals surface area contributed by atoms with Crippen LogP contribution in [-0.2, 0) is 9.47 Å². The molecule has 1 N–H and O–H groups in total. The van der Waals surface area contributed by atoms with E-state index < -0.39 is 0 Å². The molecule has 4 nitrogen and oxygen atoms in total. The topological polar surface area (TPSA) is 47.6 Å². The summed E-state index contributed by atoms with van der Waals surface area (Å²) in [4.78, 5) is 11.5. The van der Waals surface area contributed by atoms with Crippen LogP contribution < -0.4 is 5.32 Å². The number of benzene rings is 1. The summed E-state index contributed by atoms with van der Waals surface area (Å²) in [6.45, 7) is 4.86. The van der Waals surface area contributed by atoms with Crippen molar-refractivity contribution in [3.05, 3.63) is 29.8 Å². The van der Waals surface area contributed by atoms with Crippen LogP contribution in [0.25, 0.3) is 0 Å². The summed E-state index contributed by atoms with van der Waals surface area (Å²) in [5.41, 5.74) is 1.62. The van der Waals surface area contributed by atoms with Gasteiger partial charge in [-0.2, -0.15) is 0 Å². The molecule has 0 spiro atoms. The molecule has 0 amide bonds. The van der Waals surface area contributed by atoms with E-state index in [1.807, 2.05) is 12.1 Å². The Bertz CT molecular complexity index is 396. The molecule has 19 heavy (non-hydrogen) atoms. The third-order valence-corrected chi connectivity index (χ3v) is 3.25. The second-order valence-electron chi connectivity index (χ2n) is 4.76. The minimum Gasteiger partial charge on any atom is -0.462 e. The maximum atomic E-state index is 11.5. The maximum Gasteiger partial charge on any atom is 0.338 e. The van der Waals surface area contributed by atoms with Gasteiger partial charge in [0.2, 0.25) is 0 Å². The van der Waals surface area contributed by atoms with Gasteiger partial charge in [-0.05, 0) is 49.9 Å². The van der Waals surface area contributed by atoms with E-state index in [9.17, 15) is 4.79 Å². The van der Waals surface area contributed by atoms with Crippen molar-refractivity contribution in [1.82, 2.24) is 0 Å². The van der Waals surface area contributed by atoms with Crippen molar-refractivity contribution in [2.75, 3.05) is 31.7 Å². The third-order valence-electron chi connectivity index (χ3n) is 3.25. The maximum absolute atomic E-state index is 11.5. The standard InChI is InChI=1S/C15H21NO3/c1-2-19-15(17)13-5-7-14(8-6-13)16-10-12-4-3-9-18-11-12/h5-8,12,16H,2-4,9-11H2,1H3. The van der Waals surface area contributed by atoms with E-state index in [4.69, 9.17) is 9.47 Å². The number of hydrogen-bond donors (Lipinski definition) is 1. The highest BCUT2D eigenvalue weighted by molar-refractivity contribution is 5.89. The molecule has 0 aliphatic carbocycles. The molecule has 1 heterocycles. The molecular weight excluding hydrogens is 242 g/mol. The quantitative estimate of drug-likeness (QED) is 0.830. The Kier molecular flexibility index (Phi) is 5.21. The lowest BCUT2D eigenvalue weighted by Crippen LogP contribution is -2.24. The highest BCUT2D eigenvalue weighted by Gasteiger charge is 2.13. The molecule has 2 rings (SSSR count). The summed E-state index contributed by atoms with van der Waals surface area (Å²) in [6.07, 6.45) is 2.36. The molecule has 0 saturated carbocycles. The Balaban J connectivity index is 1.82. The first-order valence-electron chi connectivity index (χ1n) is 6.88. The lowest BCUT2D eigenvalue weighted by Gasteiger charge is -2.22. The Hall–Kier alpha value is -1.55. The first-order chi connectivity index (χ1) is 9.29. The summed E-state index contributed by atoms with van der Waals surface area (Å²) in [7, 11) is 0. The Morgan fingerprint density at radius 1 is 1.42 bits per heavy atom. The van der Waals surface area contributed by atoms with E-state index in [0.29, 0.717) is 18.1 Å².